The van der Waals surface area contributed by atoms with Gasteiger partial charge in [0.2, 0.25) is 0 Å². The zero-order valence-electron chi connectivity index (χ0n) is 16.6. The van der Waals surface area contributed by atoms with Crippen LogP contribution in [-0.2, 0) is 4.84 Å². The van der Waals surface area contributed by atoms with Gasteiger partial charge in [-0.3, -0.25) is 10.2 Å². The standard InChI is InChI=1S/C22H27N3O3/c1-22(2)15-25(16-22)14-13-20(17-7-5-4-6-8-17)24-28-21(26)23-18-9-11-19(27-3)12-10-18/h4-12H,13-16H2,1-3H3,(H,23,26)/b24-20-. The maximum atomic E-state index is 12.1. The minimum Gasteiger partial charge on any atom is -0.497 e. The molecule has 1 fully saturated rings. The zero-order chi connectivity index (χ0) is 20.0. The van der Waals surface area contributed by atoms with E-state index in [-0.39, 0.29) is 0 Å². The summed E-state index contributed by atoms with van der Waals surface area (Å²) in [4.78, 5) is 19.6. The first-order valence-electron chi connectivity index (χ1n) is 9.42. The molecule has 2 aromatic carbocycles. The number of likely N-dealkylation sites (tertiary alicyclic amines) is 1. The number of oxime groups is 1. The zero-order valence-corrected chi connectivity index (χ0v) is 16.6. The third kappa shape index (κ3) is 5.57. The number of benzene rings is 2. The summed E-state index contributed by atoms with van der Waals surface area (Å²) in [6.45, 7) is 7.58. The number of rotatable bonds is 7. The molecule has 2 aromatic rings. The number of hydrogen-bond donors (Lipinski definition) is 1. The fourth-order valence-corrected chi connectivity index (χ4v) is 3.37. The Balaban J connectivity index is 1.60. The maximum absolute atomic E-state index is 12.1. The van der Waals surface area contributed by atoms with Gasteiger partial charge in [-0.1, -0.05) is 49.3 Å². The van der Waals surface area contributed by atoms with Crippen molar-refractivity contribution in [3.63, 3.8) is 0 Å². The molecular weight excluding hydrogens is 354 g/mol. The summed E-state index contributed by atoms with van der Waals surface area (Å²) in [5, 5.41) is 6.81. The fourth-order valence-electron chi connectivity index (χ4n) is 3.37. The van der Waals surface area contributed by atoms with Crippen LogP contribution in [0, 0.1) is 5.41 Å². The highest BCUT2D eigenvalue weighted by Crippen LogP contribution is 2.28. The molecule has 1 heterocycles. The number of anilines is 1. The molecule has 28 heavy (non-hydrogen) atoms. The van der Waals surface area contributed by atoms with Crippen molar-refractivity contribution in [3.05, 3.63) is 60.2 Å². The maximum Gasteiger partial charge on any atom is 0.437 e. The lowest BCUT2D eigenvalue weighted by molar-refractivity contribution is 0.0338. The van der Waals surface area contributed by atoms with E-state index in [2.05, 4.69) is 29.2 Å². The van der Waals surface area contributed by atoms with Crippen LogP contribution < -0.4 is 10.1 Å². The normalized spacial score (nSPS) is 16.2. The van der Waals surface area contributed by atoms with E-state index in [1.807, 2.05) is 30.3 Å². The van der Waals surface area contributed by atoms with Crippen molar-refractivity contribution in [1.82, 2.24) is 4.90 Å². The van der Waals surface area contributed by atoms with Crippen LogP contribution >= 0.6 is 0 Å². The number of carbonyl (C=O) groups is 1. The average molecular weight is 381 g/mol. The highest BCUT2D eigenvalue weighted by molar-refractivity contribution is 6.00. The smallest absolute Gasteiger partial charge is 0.437 e. The summed E-state index contributed by atoms with van der Waals surface area (Å²) in [7, 11) is 1.59. The van der Waals surface area contributed by atoms with Gasteiger partial charge in [0.05, 0.1) is 12.8 Å². The molecule has 0 bridgehead atoms. The Morgan fingerprint density at radius 1 is 1.11 bits per heavy atom. The van der Waals surface area contributed by atoms with Crippen LogP contribution in [0.25, 0.3) is 0 Å². The molecule has 1 N–H and O–H groups in total. The molecule has 0 unspecified atom stereocenters. The molecule has 148 valence electrons. The lowest BCUT2D eigenvalue weighted by Crippen LogP contribution is -2.53. The van der Waals surface area contributed by atoms with Crippen LogP contribution in [0.5, 0.6) is 5.75 Å². The summed E-state index contributed by atoms with van der Waals surface area (Å²) in [5.41, 5.74) is 2.72. The monoisotopic (exact) mass is 381 g/mol. The Morgan fingerprint density at radius 2 is 1.79 bits per heavy atom. The van der Waals surface area contributed by atoms with Crippen molar-refractivity contribution in [2.75, 3.05) is 32.1 Å². The Kier molecular flexibility index (Phi) is 6.31. The summed E-state index contributed by atoms with van der Waals surface area (Å²) in [6.07, 6.45) is 0.0966. The first-order valence-corrected chi connectivity index (χ1v) is 9.42. The molecule has 6 heteroatoms. The SMILES string of the molecule is COc1ccc(NC(=O)O/N=C(/CCN2CC(C)(C)C2)c2ccccc2)cc1. The molecule has 3 rings (SSSR count). The van der Waals surface area contributed by atoms with Crippen LogP contribution in [-0.4, -0.2) is 43.4 Å². The van der Waals surface area contributed by atoms with E-state index in [1.54, 1.807) is 31.4 Å². The van der Waals surface area contributed by atoms with Crippen LogP contribution in [0.1, 0.15) is 25.8 Å². The number of carbonyl (C=O) groups excluding carboxylic acids is 1. The fraction of sp³-hybridized carbons (Fsp3) is 0.364. The lowest BCUT2D eigenvalue weighted by Gasteiger charge is -2.46. The molecule has 0 atom stereocenters. The number of nitrogens with zero attached hydrogens (tertiary/aromatic N) is 2. The molecular formula is C22H27N3O3. The Bertz CT molecular complexity index is 809. The van der Waals surface area contributed by atoms with E-state index in [0.717, 1.165) is 43.1 Å². The van der Waals surface area contributed by atoms with Crippen LogP contribution in [0.3, 0.4) is 0 Å². The molecule has 1 aliphatic rings. The van der Waals surface area contributed by atoms with Gasteiger partial charge in [0.25, 0.3) is 0 Å². The molecule has 0 spiro atoms. The van der Waals surface area contributed by atoms with Crippen LogP contribution in [0.15, 0.2) is 59.8 Å². The molecule has 0 saturated carbocycles. The Labute approximate surface area is 166 Å². The highest BCUT2D eigenvalue weighted by Gasteiger charge is 2.33. The van der Waals surface area contributed by atoms with E-state index < -0.39 is 6.09 Å². The average Bonchev–Trinajstić information content (AvgIpc) is 2.67. The number of methoxy groups -OCH3 is 1. The highest BCUT2D eigenvalue weighted by atomic mass is 16.7. The van der Waals surface area contributed by atoms with E-state index in [9.17, 15) is 4.79 Å². The number of nitrogens with one attached hydrogen (secondary N) is 1. The molecule has 1 aliphatic heterocycles. The molecule has 1 amide bonds. The van der Waals surface area contributed by atoms with Gasteiger partial charge in [-0.15, -0.1) is 0 Å². The van der Waals surface area contributed by atoms with E-state index in [1.165, 1.54) is 0 Å². The molecule has 1 saturated heterocycles. The minimum atomic E-state index is -0.622. The van der Waals surface area contributed by atoms with E-state index >= 15 is 0 Å². The van der Waals surface area contributed by atoms with Gasteiger partial charge in [0.15, 0.2) is 0 Å². The molecule has 0 aliphatic carbocycles. The van der Waals surface area contributed by atoms with Crippen molar-refractivity contribution in [2.24, 2.45) is 10.6 Å². The van der Waals surface area contributed by atoms with Gasteiger partial charge in [-0.05, 0) is 35.2 Å². The van der Waals surface area contributed by atoms with E-state index in [0.29, 0.717) is 11.1 Å². The third-order valence-electron chi connectivity index (χ3n) is 4.65. The predicted octanol–water partition coefficient (Wildman–Crippen LogP) is 4.38. The summed E-state index contributed by atoms with van der Waals surface area (Å²) in [5.74, 6) is 0.720. The van der Waals surface area contributed by atoms with Crippen molar-refractivity contribution in [2.45, 2.75) is 20.3 Å². The molecule has 0 radical (unpaired) electrons. The second kappa shape index (κ2) is 8.89. The number of amides is 1. The van der Waals surface area contributed by atoms with Crippen molar-refractivity contribution in [3.8, 4) is 5.75 Å². The van der Waals surface area contributed by atoms with Gasteiger partial charge in [0.1, 0.15) is 5.75 Å². The Morgan fingerprint density at radius 3 is 2.39 bits per heavy atom. The van der Waals surface area contributed by atoms with Gasteiger partial charge < -0.3 is 9.64 Å². The number of hydrogen-bond acceptors (Lipinski definition) is 5. The first kappa shape index (κ1) is 19.9. The second-order valence-corrected chi connectivity index (χ2v) is 7.76. The topological polar surface area (TPSA) is 63.2 Å². The molecule has 0 aromatic heterocycles. The van der Waals surface area contributed by atoms with Crippen LogP contribution in [0.4, 0.5) is 10.5 Å². The summed E-state index contributed by atoms with van der Waals surface area (Å²) >= 11 is 0. The van der Waals surface area contributed by atoms with Crippen molar-refractivity contribution in [1.29, 1.82) is 0 Å². The van der Waals surface area contributed by atoms with Gasteiger partial charge >= 0.3 is 6.09 Å². The first-order chi connectivity index (χ1) is 13.4. The largest absolute Gasteiger partial charge is 0.497 e. The van der Waals surface area contributed by atoms with Gasteiger partial charge in [0, 0.05) is 31.7 Å². The number of ether oxygens (including phenoxy) is 1. The lowest BCUT2D eigenvalue weighted by atomic mass is 9.84. The summed E-state index contributed by atoms with van der Waals surface area (Å²) in [6, 6.07) is 16.8. The van der Waals surface area contributed by atoms with Gasteiger partial charge in [-0.25, -0.2) is 4.79 Å². The predicted molar refractivity (Wildman–Crippen MR) is 111 cm³/mol. The van der Waals surface area contributed by atoms with Crippen molar-refractivity contribution >= 4 is 17.5 Å². The second-order valence-electron chi connectivity index (χ2n) is 7.76. The summed E-state index contributed by atoms with van der Waals surface area (Å²) < 4.78 is 5.11. The van der Waals surface area contributed by atoms with E-state index in [4.69, 9.17) is 9.57 Å². The van der Waals surface area contributed by atoms with Gasteiger partial charge in [-0.2, -0.15) is 0 Å². The van der Waals surface area contributed by atoms with Crippen molar-refractivity contribution < 1.29 is 14.4 Å². The molecule has 6 nitrogen and oxygen atoms in total. The minimum absolute atomic E-state index is 0.388. The van der Waals surface area contributed by atoms with Crippen LogP contribution in [0.2, 0.25) is 0 Å². The third-order valence-corrected chi connectivity index (χ3v) is 4.65. The Hall–Kier alpha value is -2.86. The quantitative estimate of drug-likeness (QED) is 0.439.